The van der Waals surface area contributed by atoms with E-state index in [0.29, 0.717) is 36.6 Å². The van der Waals surface area contributed by atoms with E-state index in [0.717, 1.165) is 38.5 Å². The first-order valence-electron chi connectivity index (χ1n) is 28.5. The highest BCUT2D eigenvalue weighted by atomic mass is 16.5. The number of unbranched alkanes of at least 4 members (excludes halogenated alkanes) is 41. The molecule has 63 heavy (non-hydrogen) atoms. The molecule has 1 rings (SSSR count). The molecule has 0 radical (unpaired) electrons. The number of benzene rings is 1. The first-order valence-corrected chi connectivity index (χ1v) is 28.5. The molecule has 0 bridgehead atoms. The van der Waals surface area contributed by atoms with Crippen LogP contribution in [0.1, 0.15) is 324 Å². The number of carbonyl (C=O) groups excluding carboxylic acids is 2. The first kappa shape index (κ1) is 59.0. The van der Waals surface area contributed by atoms with Crippen molar-refractivity contribution in [1.82, 2.24) is 10.6 Å². The van der Waals surface area contributed by atoms with E-state index in [-0.39, 0.29) is 11.8 Å². The molecule has 2 N–H and O–H groups in total. The number of ether oxygens (including phenoxy) is 1. The largest absolute Gasteiger partial charge is 0.493 e. The van der Waals surface area contributed by atoms with Crippen molar-refractivity contribution in [1.29, 1.82) is 0 Å². The Kier molecular flexibility index (Phi) is 44.8. The van der Waals surface area contributed by atoms with Crippen LogP contribution in [0.25, 0.3) is 0 Å². The zero-order valence-electron chi connectivity index (χ0n) is 42.7. The van der Waals surface area contributed by atoms with Gasteiger partial charge in [0.1, 0.15) is 5.75 Å². The molecule has 0 aliphatic carbocycles. The van der Waals surface area contributed by atoms with Crippen LogP contribution >= 0.6 is 0 Å². The highest BCUT2D eigenvalue weighted by Crippen LogP contribution is 2.23. The lowest BCUT2D eigenvalue weighted by molar-refractivity contribution is 0.0937. The fourth-order valence-electron chi connectivity index (χ4n) is 9.04. The second-order valence-electron chi connectivity index (χ2n) is 19.6. The summed E-state index contributed by atoms with van der Waals surface area (Å²) in [6.07, 6.45) is 58.5. The van der Waals surface area contributed by atoms with E-state index in [2.05, 4.69) is 31.4 Å². The van der Waals surface area contributed by atoms with Crippen LogP contribution in [0.5, 0.6) is 5.75 Å². The molecule has 5 heteroatoms. The van der Waals surface area contributed by atoms with Crippen molar-refractivity contribution in [3.8, 4) is 5.75 Å². The molecular formula is C58H108N2O3. The van der Waals surface area contributed by atoms with Gasteiger partial charge in [0.05, 0.1) is 12.2 Å². The van der Waals surface area contributed by atoms with Crippen molar-refractivity contribution in [2.75, 3.05) is 19.7 Å². The average Bonchev–Trinajstić information content (AvgIpc) is 3.29. The zero-order chi connectivity index (χ0) is 45.4. The Morgan fingerprint density at radius 1 is 0.349 bits per heavy atom. The number of hydrogen-bond acceptors (Lipinski definition) is 3. The Balaban J connectivity index is 2.36. The SMILES string of the molecule is CCCCCCCCCCCCCCCCCCNC(=O)c1ccc(C(=O)NCCCCCCCCCCCCCCCCCC)c(OCCCCCCCCCCCCCC)c1. The van der Waals surface area contributed by atoms with Crippen LogP contribution in [0.2, 0.25) is 0 Å². The van der Waals surface area contributed by atoms with Crippen LogP contribution in [0.4, 0.5) is 0 Å². The van der Waals surface area contributed by atoms with E-state index in [1.165, 1.54) is 244 Å². The lowest BCUT2D eigenvalue weighted by atomic mass is 10.0. The maximum atomic E-state index is 13.4. The molecule has 0 spiro atoms. The minimum Gasteiger partial charge on any atom is -0.493 e. The molecule has 0 aliphatic rings. The Bertz CT molecular complexity index is 1120. The fraction of sp³-hybridized carbons (Fsp3) is 0.862. The molecule has 5 nitrogen and oxygen atoms in total. The summed E-state index contributed by atoms with van der Waals surface area (Å²) >= 11 is 0. The summed E-state index contributed by atoms with van der Waals surface area (Å²) in [5, 5.41) is 6.29. The maximum Gasteiger partial charge on any atom is 0.255 e. The minimum absolute atomic E-state index is 0.0775. The molecule has 0 unspecified atom stereocenters. The Labute approximate surface area is 393 Å². The Morgan fingerprint density at radius 3 is 0.937 bits per heavy atom. The predicted octanol–water partition coefficient (Wildman–Crippen LogP) is 18.7. The third kappa shape index (κ3) is 38.9. The summed E-state index contributed by atoms with van der Waals surface area (Å²) in [5.41, 5.74) is 1.12. The molecule has 0 aromatic heterocycles. The van der Waals surface area contributed by atoms with Crippen molar-refractivity contribution in [3.05, 3.63) is 29.3 Å². The van der Waals surface area contributed by atoms with E-state index in [1.807, 2.05) is 0 Å². The summed E-state index contributed by atoms with van der Waals surface area (Å²) in [7, 11) is 0. The summed E-state index contributed by atoms with van der Waals surface area (Å²) < 4.78 is 6.28. The van der Waals surface area contributed by atoms with Crippen LogP contribution < -0.4 is 15.4 Å². The fourth-order valence-corrected chi connectivity index (χ4v) is 9.04. The molecule has 0 saturated carbocycles. The van der Waals surface area contributed by atoms with E-state index in [4.69, 9.17) is 4.74 Å². The van der Waals surface area contributed by atoms with Gasteiger partial charge in [0.2, 0.25) is 0 Å². The van der Waals surface area contributed by atoms with E-state index < -0.39 is 0 Å². The van der Waals surface area contributed by atoms with E-state index in [1.54, 1.807) is 18.2 Å². The van der Waals surface area contributed by atoms with Gasteiger partial charge >= 0.3 is 0 Å². The summed E-state index contributed by atoms with van der Waals surface area (Å²) in [6.45, 7) is 8.80. The monoisotopic (exact) mass is 881 g/mol. The molecule has 2 amide bonds. The van der Waals surface area contributed by atoms with Crippen molar-refractivity contribution >= 4 is 11.8 Å². The molecule has 0 heterocycles. The maximum absolute atomic E-state index is 13.4. The third-order valence-electron chi connectivity index (χ3n) is 13.4. The zero-order valence-corrected chi connectivity index (χ0v) is 42.7. The van der Waals surface area contributed by atoms with Gasteiger partial charge in [-0.25, -0.2) is 0 Å². The van der Waals surface area contributed by atoms with Gasteiger partial charge in [0, 0.05) is 18.7 Å². The number of rotatable bonds is 50. The molecule has 368 valence electrons. The average molecular weight is 882 g/mol. The van der Waals surface area contributed by atoms with Gasteiger partial charge in [-0.1, -0.05) is 284 Å². The Hall–Kier alpha value is -2.04. The van der Waals surface area contributed by atoms with Gasteiger partial charge in [0.15, 0.2) is 0 Å². The van der Waals surface area contributed by atoms with Crippen LogP contribution in [0.3, 0.4) is 0 Å². The van der Waals surface area contributed by atoms with Crippen molar-refractivity contribution in [2.45, 2.75) is 303 Å². The summed E-state index contributed by atoms with van der Waals surface area (Å²) in [4.78, 5) is 26.6. The lowest BCUT2D eigenvalue weighted by Gasteiger charge is -2.14. The van der Waals surface area contributed by atoms with Gasteiger partial charge in [-0.3, -0.25) is 9.59 Å². The van der Waals surface area contributed by atoms with Gasteiger partial charge in [-0.05, 0) is 37.5 Å². The Morgan fingerprint density at radius 2 is 0.619 bits per heavy atom. The summed E-state index contributed by atoms with van der Waals surface area (Å²) in [6, 6.07) is 5.39. The van der Waals surface area contributed by atoms with E-state index in [9.17, 15) is 9.59 Å². The number of nitrogens with one attached hydrogen (secondary N) is 2. The molecular weight excluding hydrogens is 773 g/mol. The van der Waals surface area contributed by atoms with E-state index >= 15 is 0 Å². The lowest BCUT2D eigenvalue weighted by Crippen LogP contribution is -2.26. The normalized spacial score (nSPS) is 11.3. The third-order valence-corrected chi connectivity index (χ3v) is 13.4. The van der Waals surface area contributed by atoms with Gasteiger partial charge in [-0.2, -0.15) is 0 Å². The smallest absolute Gasteiger partial charge is 0.255 e. The van der Waals surface area contributed by atoms with Crippen LogP contribution in [0.15, 0.2) is 18.2 Å². The van der Waals surface area contributed by atoms with Crippen molar-refractivity contribution in [2.24, 2.45) is 0 Å². The van der Waals surface area contributed by atoms with Crippen molar-refractivity contribution < 1.29 is 14.3 Å². The molecule has 0 saturated heterocycles. The van der Waals surface area contributed by atoms with Gasteiger partial charge in [0.25, 0.3) is 11.8 Å². The topological polar surface area (TPSA) is 67.4 Å². The van der Waals surface area contributed by atoms with Crippen molar-refractivity contribution in [3.63, 3.8) is 0 Å². The molecule has 0 aliphatic heterocycles. The van der Waals surface area contributed by atoms with Crippen LogP contribution in [-0.2, 0) is 0 Å². The quantitative estimate of drug-likeness (QED) is 0.0641. The first-order chi connectivity index (χ1) is 31.1. The standard InChI is InChI=1S/C58H108N2O3/c1-4-7-10-13-16-19-22-25-27-29-31-33-36-39-42-45-50-59-57(61)54-48-49-55(56(53-54)63-52-47-44-41-38-35-24-21-18-15-12-9-6-3)58(62)60-51-46-43-40-37-34-32-30-28-26-23-20-17-14-11-8-5-2/h48-49,53H,4-47,50-52H2,1-3H3,(H,59,61)(H,60,62). The molecule has 0 fully saturated rings. The number of hydrogen-bond donors (Lipinski definition) is 2. The molecule has 1 aromatic rings. The van der Waals surface area contributed by atoms with Crippen LogP contribution in [-0.4, -0.2) is 31.5 Å². The second-order valence-corrected chi connectivity index (χ2v) is 19.6. The number of amides is 2. The van der Waals surface area contributed by atoms with Gasteiger partial charge < -0.3 is 15.4 Å². The summed E-state index contributed by atoms with van der Waals surface area (Å²) in [5.74, 6) is 0.365. The predicted molar refractivity (Wildman–Crippen MR) is 277 cm³/mol. The highest BCUT2D eigenvalue weighted by molar-refractivity contribution is 6.00. The van der Waals surface area contributed by atoms with Gasteiger partial charge in [-0.15, -0.1) is 0 Å². The second kappa shape index (κ2) is 47.9. The number of carbonyl (C=O) groups is 2. The van der Waals surface area contributed by atoms with Crippen LogP contribution in [0, 0.1) is 0 Å². The minimum atomic E-state index is -0.0965. The molecule has 1 aromatic carbocycles. The highest BCUT2D eigenvalue weighted by Gasteiger charge is 2.16. The molecule has 0 atom stereocenters.